The van der Waals surface area contributed by atoms with Crippen molar-refractivity contribution in [2.75, 3.05) is 30.8 Å². The molecule has 0 unspecified atom stereocenters. The quantitative estimate of drug-likeness (QED) is 0.529. The largest absolute Gasteiger partial charge is 0.397 e. The van der Waals surface area contributed by atoms with E-state index in [4.69, 9.17) is 10.5 Å². The molecular formula is C14H22N4O. The van der Waals surface area contributed by atoms with Crippen molar-refractivity contribution < 1.29 is 4.74 Å². The Kier molecular flexibility index (Phi) is 4.63. The van der Waals surface area contributed by atoms with E-state index < -0.39 is 0 Å². The molecule has 1 heterocycles. The second-order valence-electron chi connectivity index (χ2n) is 5.15. The van der Waals surface area contributed by atoms with E-state index in [-0.39, 0.29) is 0 Å². The van der Waals surface area contributed by atoms with Gasteiger partial charge in [-0.3, -0.25) is 5.10 Å². The number of hydrogen-bond donors (Lipinski definition) is 3. The van der Waals surface area contributed by atoms with Crippen molar-refractivity contribution in [2.45, 2.75) is 20.3 Å². The van der Waals surface area contributed by atoms with Gasteiger partial charge in [0.2, 0.25) is 0 Å². The molecule has 1 aromatic heterocycles. The fourth-order valence-corrected chi connectivity index (χ4v) is 1.88. The molecule has 5 nitrogen and oxygen atoms in total. The zero-order valence-electron chi connectivity index (χ0n) is 11.6. The van der Waals surface area contributed by atoms with Gasteiger partial charge in [0.25, 0.3) is 0 Å². The van der Waals surface area contributed by atoms with E-state index in [0.29, 0.717) is 5.92 Å². The van der Waals surface area contributed by atoms with Crippen LogP contribution in [0.3, 0.4) is 0 Å². The number of nitrogens with zero attached hydrogens (tertiary/aromatic N) is 1. The lowest BCUT2D eigenvalue weighted by Gasteiger charge is -2.10. The third kappa shape index (κ3) is 3.86. The molecule has 4 N–H and O–H groups in total. The van der Waals surface area contributed by atoms with Gasteiger partial charge in [-0.25, -0.2) is 0 Å². The molecule has 0 radical (unpaired) electrons. The van der Waals surface area contributed by atoms with Crippen LogP contribution in [0, 0.1) is 5.92 Å². The Labute approximate surface area is 113 Å². The number of rotatable bonds is 7. The monoisotopic (exact) mass is 262 g/mol. The van der Waals surface area contributed by atoms with Gasteiger partial charge in [-0.15, -0.1) is 0 Å². The highest BCUT2D eigenvalue weighted by Crippen LogP contribution is 2.24. The topological polar surface area (TPSA) is 76.0 Å². The molecule has 0 saturated carbocycles. The van der Waals surface area contributed by atoms with Crippen LogP contribution in [0.15, 0.2) is 18.3 Å². The first-order valence-electron chi connectivity index (χ1n) is 6.71. The van der Waals surface area contributed by atoms with Crippen LogP contribution in [0.5, 0.6) is 0 Å². The number of anilines is 2. The van der Waals surface area contributed by atoms with Gasteiger partial charge < -0.3 is 15.8 Å². The van der Waals surface area contributed by atoms with Crippen molar-refractivity contribution in [1.82, 2.24) is 10.2 Å². The van der Waals surface area contributed by atoms with Crippen molar-refractivity contribution in [3.8, 4) is 0 Å². The zero-order chi connectivity index (χ0) is 13.7. The van der Waals surface area contributed by atoms with Crippen LogP contribution in [-0.4, -0.2) is 30.0 Å². The van der Waals surface area contributed by atoms with Gasteiger partial charge in [-0.05, 0) is 24.5 Å². The average Bonchev–Trinajstić information content (AvgIpc) is 2.80. The van der Waals surface area contributed by atoms with Crippen LogP contribution < -0.4 is 11.1 Å². The van der Waals surface area contributed by atoms with E-state index in [9.17, 15) is 0 Å². The van der Waals surface area contributed by atoms with E-state index in [1.807, 2.05) is 12.1 Å². The summed E-state index contributed by atoms with van der Waals surface area (Å²) in [6, 6.07) is 3.92. The van der Waals surface area contributed by atoms with Crippen molar-refractivity contribution in [3.63, 3.8) is 0 Å². The smallest absolute Gasteiger partial charge is 0.0672 e. The highest BCUT2D eigenvalue weighted by Gasteiger charge is 2.03. The van der Waals surface area contributed by atoms with Gasteiger partial charge >= 0.3 is 0 Å². The Balaban J connectivity index is 1.79. The van der Waals surface area contributed by atoms with Gasteiger partial charge in [0.15, 0.2) is 0 Å². The minimum atomic E-state index is 0.589. The summed E-state index contributed by atoms with van der Waals surface area (Å²) in [6.45, 7) is 6.75. The summed E-state index contributed by atoms with van der Waals surface area (Å²) in [5.41, 5.74) is 8.68. The number of fused-ring (bicyclic) bond motifs is 1. The first kappa shape index (κ1) is 13.7. The van der Waals surface area contributed by atoms with Crippen LogP contribution >= 0.6 is 0 Å². The number of benzene rings is 1. The number of aromatic amines is 1. The van der Waals surface area contributed by atoms with Crippen LogP contribution in [-0.2, 0) is 4.74 Å². The van der Waals surface area contributed by atoms with Gasteiger partial charge in [-0.2, -0.15) is 5.10 Å². The summed E-state index contributed by atoms with van der Waals surface area (Å²) in [5.74, 6) is 0.589. The Bertz CT molecular complexity index is 521. The molecular weight excluding hydrogens is 240 g/mol. The molecule has 104 valence electrons. The number of nitrogen functional groups attached to an aromatic ring is 1. The van der Waals surface area contributed by atoms with E-state index in [1.165, 1.54) is 0 Å². The van der Waals surface area contributed by atoms with Crippen LogP contribution in [0.4, 0.5) is 11.4 Å². The molecule has 0 aliphatic heterocycles. The summed E-state index contributed by atoms with van der Waals surface area (Å²) in [7, 11) is 0. The lowest BCUT2D eigenvalue weighted by atomic mass is 10.2. The number of ether oxygens (including phenoxy) is 1. The Morgan fingerprint density at radius 2 is 2.26 bits per heavy atom. The summed E-state index contributed by atoms with van der Waals surface area (Å²) in [5, 5.41) is 11.3. The fourth-order valence-electron chi connectivity index (χ4n) is 1.88. The molecule has 5 heteroatoms. The maximum absolute atomic E-state index is 5.99. The molecule has 0 saturated heterocycles. The highest BCUT2D eigenvalue weighted by molar-refractivity contribution is 5.88. The Morgan fingerprint density at radius 3 is 3.05 bits per heavy atom. The summed E-state index contributed by atoms with van der Waals surface area (Å²) in [6.07, 6.45) is 2.74. The highest BCUT2D eigenvalue weighted by atomic mass is 16.5. The molecule has 0 atom stereocenters. The molecule has 0 aliphatic carbocycles. The van der Waals surface area contributed by atoms with Gasteiger partial charge in [-0.1, -0.05) is 13.8 Å². The van der Waals surface area contributed by atoms with E-state index in [2.05, 4.69) is 29.4 Å². The Hall–Kier alpha value is -1.75. The molecule has 0 spiro atoms. The van der Waals surface area contributed by atoms with Crippen molar-refractivity contribution >= 4 is 22.3 Å². The van der Waals surface area contributed by atoms with E-state index in [1.54, 1.807) is 6.20 Å². The third-order valence-corrected chi connectivity index (χ3v) is 2.84. The van der Waals surface area contributed by atoms with Crippen LogP contribution in [0.1, 0.15) is 20.3 Å². The molecule has 0 aliphatic rings. The maximum Gasteiger partial charge on any atom is 0.0672 e. The normalized spacial score (nSPS) is 11.3. The third-order valence-electron chi connectivity index (χ3n) is 2.84. The molecule has 0 bridgehead atoms. The Morgan fingerprint density at radius 1 is 1.42 bits per heavy atom. The van der Waals surface area contributed by atoms with Crippen molar-refractivity contribution in [2.24, 2.45) is 5.92 Å². The molecule has 2 rings (SSSR count). The zero-order valence-corrected chi connectivity index (χ0v) is 11.6. The number of hydrogen-bond acceptors (Lipinski definition) is 4. The molecule has 0 amide bonds. The first-order valence-corrected chi connectivity index (χ1v) is 6.71. The van der Waals surface area contributed by atoms with E-state index in [0.717, 1.165) is 48.5 Å². The van der Waals surface area contributed by atoms with Gasteiger partial charge in [0.05, 0.1) is 23.1 Å². The lowest BCUT2D eigenvalue weighted by Crippen LogP contribution is -2.09. The second kappa shape index (κ2) is 6.43. The van der Waals surface area contributed by atoms with Gasteiger partial charge in [0.1, 0.15) is 0 Å². The second-order valence-corrected chi connectivity index (χ2v) is 5.15. The maximum atomic E-state index is 5.99. The molecule has 2 aromatic rings. The summed E-state index contributed by atoms with van der Waals surface area (Å²) in [4.78, 5) is 0. The minimum absolute atomic E-state index is 0.589. The first-order chi connectivity index (χ1) is 9.16. The lowest BCUT2D eigenvalue weighted by molar-refractivity contribution is 0.110. The van der Waals surface area contributed by atoms with Crippen LogP contribution in [0.2, 0.25) is 0 Å². The van der Waals surface area contributed by atoms with Crippen molar-refractivity contribution in [1.29, 1.82) is 0 Å². The minimum Gasteiger partial charge on any atom is -0.397 e. The number of aromatic nitrogens is 2. The predicted molar refractivity (Wildman–Crippen MR) is 79.3 cm³/mol. The molecule has 1 aromatic carbocycles. The average molecular weight is 262 g/mol. The fraction of sp³-hybridized carbons (Fsp3) is 0.500. The van der Waals surface area contributed by atoms with Crippen LogP contribution in [0.25, 0.3) is 10.9 Å². The van der Waals surface area contributed by atoms with Gasteiger partial charge in [0, 0.05) is 25.1 Å². The number of nitrogens with one attached hydrogen (secondary N) is 2. The SMILES string of the molecule is CC(C)COCCCNc1cc2[nH]ncc2cc1N. The van der Waals surface area contributed by atoms with Crippen molar-refractivity contribution in [3.05, 3.63) is 18.3 Å². The predicted octanol–water partition coefficient (Wildman–Crippen LogP) is 2.62. The standard InChI is InChI=1S/C14H22N4O/c1-10(2)9-19-5-3-4-16-14-7-13-11(6-12(14)15)8-17-18-13/h6-8,10,16H,3-5,9,15H2,1-2H3,(H,17,18). The molecule has 19 heavy (non-hydrogen) atoms. The van der Waals surface area contributed by atoms with E-state index >= 15 is 0 Å². The summed E-state index contributed by atoms with van der Waals surface area (Å²) >= 11 is 0. The summed E-state index contributed by atoms with van der Waals surface area (Å²) < 4.78 is 5.53. The molecule has 0 fully saturated rings. The number of nitrogens with two attached hydrogens (primary N) is 1. The number of H-pyrrole nitrogens is 1.